The van der Waals surface area contributed by atoms with Crippen molar-refractivity contribution in [3.63, 3.8) is 0 Å². The van der Waals surface area contributed by atoms with E-state index in [1.165, 1.54) is 45.6 Å². The van der Waals surface area contributed by atoms with E-state index < -0.39 is 0 Å². The molecule has 3 nitrogen and oxygen atoms in total. The minimum atomic E-state index is 0.356. The van der Waals surface area contributed by atoms with Gasteiger partial charge in [-0.2, -0.15) is 0 Å². The summed E-state index contributed by atoms with van der Waals surface area (Å²) < 4.78 is 0. The van der Waals surface area contributed by atoms with Crippen LogP contribution >= 0.6 is 0 Å². The smallest absolute Gasteiger partial charge is 0.0128 e. The number of nitrogens with zero attached hydrogens (tertiary/aromatic N) is 2. The SMILES string of the molecule is CCNC(CCN1CCN(C(C)CC)CC1)C(C)(C)C. The Hall–Kier alpha value is -0.120. The summed E-state index contributed by atoms with van der Waals surface area (Å²) in [5.74, 6) is 0. The van der Waals surface area contributed by atoms with Gasteiger partial charge < -0.3 is 10.2 Å². The van der Waals surface area contributed by atoms with E-state index in [0.717, 1.165) is 12.6 Å². The van der Waals surface area contributed by atoms with Crippen LogP contribution in [-0.4, -0.2) is 61.2 Å². The molecule has 120 valence electrons. The first-order valence-corrected chi connectivity index (χ1v) is 8.58. The third-order valence-corrected chi connectivity index (χ3v) is 4.85. The first-order chi connectivity index (χ1) is 9.38. The molecule has 1 saturated heterocycles. The van der Waals surface area contributed by atoms with Gasteiger partial charge in [0.05, 0.1) is 0 Å². The van der Waals surface area contributed by atoms with Gasteiger partial charge in [0.25, 0.3) is 0 Å². The molecule has 1 aliphatic rings. The molecule has 0 bridgehead atoms. The summed E-state index contributed by atoms with van der Waals surface area (Å²) in [6, 6.07) is 1.38. The van der Waals surface area contributed by atoms with Crippen molar-refractivity contribution in [1.29, 1.82) is 0 Å². The third kappa shape index (κ3) is 5.71. The van der Waals surface area contributed by atoms with Gasteiger partial charge in [0.1, 0.15) is 0 Å². The fourth-order valence-corrected chi connectivity index (χ4v) is 3.09. The van der Waals surface area contributed by atoms with Crippen molar-refractivity contribution in [2.75, 3.05) is 39.3 Å². The molecule has 2 atom stereocenters. The van der Waals surface area contributed by atoms with Gasteiger partial charge in [0, 0.05) is 38.3 Å². The van der Waals surface area contributed by atoms with Crippen LogP contribution in [0.25, 0.3) is 0 Å². The average molecular weight is 284 g/mol. The number of rotatable bonds is 7. The summed E-state index contributed by atoms with van der Waals surface area (Å²) in [4.78, 5) is 5.29. The third-order valence-electron chi connectivity index (χ3n) is 4.85. The van der Waals surface area contributed by atoms with E-state index in [-0.39, 0.29) is 0 Å². The first-order valence-electron chi connectivity index (χ1n) is 8.58. The highest BCUT2D eigenvalue weighted by molar-refractivity contribution is 4.82. The van der Waals surface area contributed by atoms with Gasteiger partial charge in [0.15, 0.2) is 0 Å². The van der Waals surface area contributed by atoms with Crippen molar-refractivity contribution < 1.29 is 0 Å². The lowest BCUT2D eigenvalue weighted by Gasteiger charge is -2.39. The van der Waals surface area contributed by atoms with Crippen molar-refractivity contribution in [3.8, 4) is 0 Å². The Morgan fingerprint density at radius 2 is 1.65 bits per heavy atom. The maximum atomic E-state index is 3.66. The van der Waals surface area contributed by atoms with Gasteiger partial charge in [-0.3, -0.25) is 4.90 Å². The Kier molecular flexibility index (Phi) is 7.49. The van der Waals surface area contributed by atoms with Crippen LogP contribution < -0.4 is 5.32 Å². The summed E-state index contributed by atoms with van der Waals surface area (Å²) >= 11 is 0. The molecule has 1 aliphatic heterocycles. The van der Waals surface area contributed by atoms with Crippen LogP contribution in [0.4, 0.5) is 0 Å². The molecule has 0 saturated carbocycles. The minimum Gasteiger partial charge on any atom is -0.314 e. The van der Waals surface area contributed by atoms with Crippen LogP contribution in [0.5, 0.6) is 0 Å². The first kappa shape index (κ1) is 17.9. The van der Waals surface area contributed by atoms with E-state index in [9.17, 15) is 0 Å². The van der Waals surface area contributed by atoms with Crippen LogP contribution in [0, 0.1) is 5.41 Å². The number of hydrogen-bond donors (Lipinski definition) is 1. The van der Waals surface area contributed by atoms with Crippen molar-refractivity contribution in [1.82, 2.24) is 15.1 Å². The van der Waals surface area contributed by atoms with Crippen molar-refractivity contribution in [2.24, 2.45) is 5.41 Å². The largest absolute Gasteiger partial charge is 0.314 e. The van der Waals surface area contributed by atoms with E-state index in [1.807, 2.05) is 0 Å². The van der Waals surface area contributed by atoms with Crippen molar-refractivity contribution in [2.45, 2.75) is 66.5 Å². The molecule has 20 heavy (non-hydrogen) atoms. The zero-order valence-electron chi connectivity index (χ0n) is 14.7. The number of nitrogens with one attached hydrogen (secondary N) is 1. The molecule has 2 unspecified atom stereocenters. The van der Waals surface area contributed by atoms with E-state index in [0.29, 0.717) is 11.5 Å². The predicted molar refractivity (Wildman–Crippen MR) is 89.3 cm³/mol. The Labute approximate surface area is 127 Å². The van der Waals surface area contributed by atoms with Crippen molar-refractivity contribution in [3.05, 3.63) is 0 Å². The average Bonchev–Trinajstić information content (AvgIpc) is 2.42. The summed E-state index contributed by atoms with van der Waals surface area (Å²) in [6.45, 7) is 21.2. The molecule has 0 aromatic carbocycles. The normalized spacial score (nSPS) is 21.9. The van der Waals surface area contributed by atoms with E-state index in [4.69, 9.17) is 0 Å². The topological polar surface area (TPSA) is 18.5 Å². The van der Waals surface area contributed by atoms with Gasteiger partial charge in [-0.1, -0.05) is 34.6 Å². The fourth-order valence-electron chi connectivity index (χ4n) is 3.09. The zero-order valence-corrected chi connectivity index (χ0v) is 14.7. The minimum absolute atomic E-state index is 0.356. The van der Waals surface area contributed by atoms with Crippen LogP contribution in [-0.2, 0) is 0 Å². The van der Waals surface area contributed by atoms with E-state index in [2.05, 4.69) is 56.7 Å². The Bertz CT molecular complexity index is 251. The maximum absolute atomic E-state index is 3.66. The monoisotopic (exact) mass is 283 g/mol. The van der Waals surface area contributed by atoms with Gasteiger partial charge >= 0.3 is 0 Å². The standard InChI is InChI=1S/C17H37N3/c1-7-15(3)20-13-11-19(12-14-20)10-9-16(18-8-2)17(4,5)6/h15-16,18H,7-14H2,1-6H3. The molecule has 0 amide bonds. The predicted octanol–water partition coefficient (Wildman–Crippen LogP) is 2.82. The molecular weight excluding hydrogens is 246 g/mol. The molecule has 1 N–H and O–H groups in total. The molecule has 1 fully saturated rings. The molecule has 0 aliphatic carbocycles. The molecule has 1 rings (SSSR count). The second-order valence-corrected chi connectivity index (χ2v) is 7.40. The molecular formula is C17H37N3. The van der Waals surface area contributed by atoms with Crippen LogP contribution in [0.3, 0.4) is 0 Å². The van der Waals surface area contributed by atoms with E-state index >= 15 is 0 Å². The number of hydrogen-bond acceptors (Lipinski definition) is 3. The highest BCUT2D eigenvalue weighted by atomic mass is 15.3. The maximum Gasteiger partial charge on any atom is 0.0128 e. The lowest BCUT2D eigenvalue weighted by atomic mass is 9.84. The Balaban J connectivity index is 2.32. The van der Waals surface area contributed by atoms with Gasteiger partial charge in [-0.15, -0.1) is 0 Å². The highest BCUT2D eigenvalue weighted by Crippen LogP contribution is 2.22. The van der Waals surface area contributed by atoms with Crippen molar-refractivity contribution >= 4 is 0 Å². The Morgan fingerprint density at radius 3 is 2.10 bits per heavy atom. The second kappa shape index (κ2) is 8.35. The van der Waals surface area contributed by atoms with Gasteiger partial charge in [-0.05, 0) is 38.3 Å². The van der Waals surface area contributed by atoms with Gasteiger partial charge in [-0.25, -0.2) is 0 Å². The van der Waals surface area contributed by atoms with Crippen LogP contribution in [0.15, 0.2) is 0 Å². The van der Waals surface area contributed by atoms with Gasteiger partial charge in [0.2, 0.25) is 0 Å². The second-order valence-electron chi connectivity index (χ2n) is 7.40. The molecule has 0 aromatic rings. The number of piperazine rings is 1. The summed E-state index contributed by atoms with van der Waals surface area (Å²) in [6.07, 6.45) is 2.53. The molecule has 3 heteroatoms. The lowest BCUT2D eigenvalue weighted by molar-refractivity contribution is 0.0934. The zero-order chi connectivity index (χ0) is 15.2. The molecule has 0 aromatic heterocycles. The Morgan fingerprint density at radius 1 is 1.05 bits per heavy atom. The summed E-state index contributed by atoms with van der Waals surface area (Å²) in [5.41, 5.74) is 0.356. The van der Waals surface area contributed by atoms with Crippen LogP contribution in [0.1, 0.15) is 54.4 Å². The molecule has 0 radical (unpaired) electrons. The van der Waals surface area contributed by atoms with Crippen LogP contribution in [0.2, 0.25) is 0 Å². The quantitative estimate of drug-likeness (QED) is 0.775. The summed E-state index contributed by atoms with van der Waals surface area (Å²) in [5, 5.41) is 3.66. The lowest BCUT2D eigenvalue weighted by Crippen LogP contribution is -2.51. The molecule has 1 heterocycles. The van der Waals surface area contributed by atoms with E-state index in [1.54, 1.807) is 0 Å². The summed E-state index contributed by atoms with van der Waals surface area (Å²) in [7, 11) is 0. The molecule has 0 spiro atoms. The fraction of sp³-hybridized carbons (Fsp3) is 1.00. The highest BCUT2D eigenvalue weighted by Gasteiger charge is 2.25.